The summed E-state index contributed by atoms with van der Waals surface area (Å²) in [4.78, 5) is 0.296. The SMILES string of the molecule is Cc1nn(CCN)c(C)c1S(=O)(=O)NCC1(C)CC1. The van der Waals surface area contributed by atoms with Crippen molar-refractivity contribution in [2.24, 2.45) is 11.1 Å². The van der Waals surface area contributed by atoms with Gasteiger partial charge in [-0.3, -0.25) is 4.68 Å². The fourth-order valence-electron chi connectivity index (χ4n) is 2.14. The summed E-state index contributed by atoms with van der Waals surface area (Å²) in [5.41, 5.74) is 6.81. The largest absolute Gasteiger partial charge is 0.329 e. The first-order chi connectivity index (χ1) is 8.79. The van der Waals surface area contributed by atoms with Gasteiger partial charge in [-0.25, -0.2) is 13.1 Å². The Hall–Kier alpha value is -0.920. The van der Waals surface area contributed by atoms with Gasteiger partial charge in [0.25, 0.3) is 0 Å². The smallest absolute Gasteiger partial charge is 0.244 e. The highest BCUT2D eigenvalue weighted by Crippen LogP contribution is 2.44. The summed E-state index contributed by atoms with van der Waals surface area (Å²) in [7, 11) is -3.49. The summed E-state index contributed by atoms with van der Waals surface area (Å²) in [6.45, 7) is 7.03. The number of hydrogen-bond donors (Lipinski definition) is 2. The third-order valence-electron chi connectivity index (χ3n) is 3.72. The van der Waals surface area contributed by atoms with E-state index in [1.165, 1.54) is 0 Å². The maximum atomic E-state index is 12.4. The molecule has 0 radical (unpaired) electrons. The van der Waals surface area contributed by atoms with Gasteiger partial charge in [0.05, 0.1) is 17.9 Å². The van der Waals surface area contributed by atoms with Crippen molar-refractivity contribution in [2.45, 2.75) is 45.1 Å². The molecule has 7 heteroatoms. The van der Waals surface area contributed by atoms with Gasteiger partial charge in [0.15, 0.2) is 0 Å². The van der Waals surface area contributed by atoms with Crippen LogP contribution in [0.15, 0.2) is 4.90 Å². The third-order valence-corrected chi connectivity index (χ3v) is 5.37. The number of aromatic nitrogens is 2. The molecule has 108 valence electrons. The van der Waals surface area contributed by atoms with Crippen molar-refractivity contribution >= 4 is 10.0 Å². The molecule has 1 aliphatic carbocycles. The monoisotopic (exact) mass is 286 g/mol. The molecule has 1 saturated carbocycles. The minimum absolute atomic E-state index is 0.141. The maximum absolute atomic E-state index is 12.4. The first-order valence-electron chi connectivity index (χ1n) is 6.53. The van der Waals surface area contributed by atoms with Crippen molar-refractivity contribution < 1.29 is 8.42 Å². The summed E-state index contributed by atoms with van der Waals surface area (Å²) in [5.74, 6) is 0. The van der Waals surface area contributed by atoms with Crippen LogP contribution in [0.4, 0.5) is 0 Å². The van der Waals surface area contributed by atoms with Crippen LogP contribution in [-0.2, 0) is 16.6 Å². The molecule has 6 nitrogen and oxygen atoms in total. The van der Waals surface area contributed by atoms with E-state index in [1.54, 1.807) is 18.5 Å². The van der Waals surface area contributed by atoms with Crippen molar-refractivity contribution in [3.8, 4) is 0 Å². The molecule has 0 aliphatic heterocycles. The van der Waals surface area contributed by atoms with E-state index in [2.05, 4.69) is 16.7 Å². The molecule has 0 aromatic carbocycles. The molecule has 3 N–H and O–H groups in total. The molecule has 1 aromatic heterocycles. The molecule has 2 rings (SSSR count). The number of nitrogens with one attached hydrogen (secondary N) is 1. The summed E-state index contributed by atoms with van der Waals surface area (Å²) in [5, 5.41) is 4.24. The Morgan fingerprint density at radius 2 is 2.05 bits per heavy atom. The van der Waals surface area contributed by atoms with E-state index in [0.29, 0.717) is 35.9 Å². The van der Waals surface area contributed by atoms with Crippen LogP contribution in [0.1, 0.15) is 31.2 Å². The van der Waals surface area contributed by atoms with Gasteiger partial charge < -0.3 is 5.73 Å². The zero-order chi connectivity index (χ0) is 14.3. The lowest BCUT2D eigenvalue weighted by Crippen LogP contribution is -2.30. The first-order valence-corrected chi connectivity index (χ1v) is 8.01. The number of nitrogens with zero attached hydrogens (tertiary/aromatic N) is 2. The highest BCUT2D eigenvalue weighted by Gasteiger charge is 2.38. The number of nitrogens with two attached hydrogens (primary N) is 1. The molecule has 0 spiro atoms. The molecular weight excluding hydrogens is 264 g/mol. The molecule has 1 heterocycles. The highest BCUT2D eigenvalue weighted by molar-refractivity contribution is 7.89. The van der Waals surface area contributed by atoms with Crippen LogP contribution in [0, 0.1) is 19.3 Å². The normalized spacial score (nSPS) is 17.7. The van der Waals surface area contributed by atoms with Gasteiger partial charge in [0.1, 0.15) is 4.90 Å². The number of sulfonamides is 1. The number of aryl methyl sites for hydroxylation is 1. The Kier molecular flexibility index (Phi) is 3.72. The first kappa shape index (κ1) is 14.5. The van der Waals surface area contributed by atoms with Gasteiger partial charge in [0, 0.05) is 13.1 Å². The summed E-state index contributed by atoms with van der Waals surface area (Å²) >= 11 is 0. The van der Waals surface area contributed by atoms with E-state index in [0.717, 1.165) is 12.8 Å². The summed E-state index contributed by atoms with van der Waals surface area (Å²) < 4.78 is 29.1. The average molecular weight is 286 g/mol. The van der Waals surface area contributed by atoms with E-state index in [-0.39, 0.29) is 5.41 Å². The summed E-state index contributed by atoms with van der Waals surface area (Å²) in [6.07, 6.45) is 2.17. The van der Waals surface area contributed by atoms with Crippen molar-refractivity contribution in [2.75, 3.05) is 13.1 Å². The lowest BCUT2D eigenvalue weighted by molar-refractivity contribution is 0.529. The van der Waals surface area contributed by atoms with Gasteiger partial charge in [0.2, 0.25) is 10.0 Å². The molecule has 0 atom stereocenters. The predicted molar refractivity (Wildman–Crippen MR) is 73.3 cm³/mol. The van der Waals surface area contributed by atoms with Crippen LogP contribution >= 0.6 is 0 Å². The van der Waals surface area contributed by atoms with Crippen molar-refractivity contribution in [3.05, 3.63) is 11.4 Å². The lowest BCUT2D eigenvalue weighted by atomic mass is 10.2. The maximum Gasteiger partial charge on any atom is 0.244 e. The lowest BCUT2D eigenvalue weighted by Gasteiger charge is -2.11. The molecule has 1 fully saturated rings. The quantitative estimate of drug-likeness (QED) is 0.798. The Balaban J connectivity index is 2.24. The molecule has 1 aliphatic rings. The van der Waals surface area contributed by atoms with Crippen LogP contribution in [0.2, 0.25) is 0 Å². The van der Waals surface area contributed by atoms with E-state index < -0.39 is 10.0 Å². The summed E-state index contributed by atoms with van der Waals surface area (Å²) in [6, 6.07) is 0. The van der Waals surface area contributed by atoms with Crippen LogP contribution in [0.3, 0.4) is 0 Å². The Morgan fingerprint density at radius 1 is 1.42 bits per heavy atom. The van der Waals surface area contributed by atoms with Crippen molar-refractivity contribution in [3.63, 3.8) is 0 Å². The van der Waals surface area contributed by atoms with Crippen molar-refractivity contribution in [1.29, 1.82) is 0 Å². The van der Waals surface area contributed by atoms with Crippen LogP contribution in [0.25, 0.3) is 0 Å². The Bertz CT molecular complexity index is 573. The van der Waals surface area contributed by atoms with E-state index in [9.17, 15) is 8.42 Å². The van der Waals surface area contributed by atoms with Gasteiger partial charge in [-0.2, -0.15) is 5.10 Å². The second-order valence-corrected chi connectivity index (χ2v) is 7.35. The van der Waals surface area contributed by atoms with Gasteiger partial charge in [-0.05, 0) is 32.1 Å². The number of rotatable bonds is 6. The third kappa shape index (κ3) is 2.98. The highest BCUT2D eigenvalue weighted by atomic mass is 32.2. The molecule has 0 amide bonds. The number of hydrogen-bond acceptors (Lipinski definition) is 4. The predicted octanol–water partition coefficient (Wildman–Crippen LogP) is 0.537. The van der Waals surface area contributed by atoms with Gasteiger partial charge >= 0.3 is 0 Å². The second kappa shape index (κ2) is 4.88. The van der Waals surface area contributed by atoms with E-state index in [1.807, 2.05) is 0 Å². The van der Waals surface area contributed by atoms with Gasteiger partial charge in [-0.15, -0.1) is 0 Å². The molecule has 19 heavy (non-hydrogen) atoms. The Morgan fingerprint density at radius 3 is 2.58 bits per heavy atom. The molecule has 0 unspecified atom stereocenters. The second-order valence-electron chi connectivity index (χ2n) is 5.65. The zero-order valence-corrected chi connectivity index (χ0v) is 12.5. The fraction of sp³-hybridized carbons (Fsp3) is 0.750. The minimum atomic E-state index is -3.49. The molecule has 1 aromatic rings. The van der Waals surface area contributed by atoms with Crippen LogP contribution < -0.4 is 10.5 Å². The molecule has 0 bridgehead atoms. The average Bonchev–Trinajstić information content (AvgIpc) is 2.98. The Labute approximate surface area is 114 Å². The zero-order valence-electron chi connectivity index (χ0n) is 11.7. The van der Waals surface area contributed by atoms with Gasteiger partial charge in [-0.1, -0.05) is 6.92 Å². The fourth-order valence-corrected chi connectivity index (χ4v) is 3.75. The van der Waals surface area contributed by atoms with Crippen LogP contribution in [-0.4, -0.2) is 31.3 Å². The molecular formula is C12H22N4O2S. The standard InChI is InChI=1S/C12H22N4O2S/c1-9-11(10(2)16(15-9)7-6-13)19(17,18)14-8-12(3)4-5-12/h14H,4-8,13H2,1-3H3. The van der Waals surface area contributed by atoms with Crippen LogP contribution in [0.5, 0.6) is 0 Å². The molecule has 0 saturated heterocycles. The van der Waals surface area contributed by atoms with E-state index in [4.69, 9.17) is 5.73 Å². The van der Waals surface area contributed by atoms with Crippen molar-refractivity contribution in [1.82, 2.24) is 14.5 Å². The van der Waals surface area contributed by atoms with E-state index >= 15 is 0 Å². The minimum Gasteiger partial charge on any atom is -0.329 e. The topological polar surface area (TPSA) is 90.0 Å².